The molecule has 0 aromatic carbocycles. The number of aliphatic hydroxyl groups is 1. The fourth-order valence-electron chi connectivity index (χ4n) is 11.3. The fourth-order valence-corrected chi connectivity index (χ4v) is 11.3. The molecule has 0 spiro atoms. The number of allylic oxidation sites excluding steroid dienone is 2. The molecule has 1 N–H and O–H groups in total. The molecule has 9 atom stereocenters. The SMILES string of the molecule is CO[C@H]1CC[C@]2(C)[C@H](CC[C@@]3(C)CC4=CC[C@@H]5C(C)(C)[C@H](O)CC[C@@]5(C)[C@@H]4CC[C@@H]32)C1(C)C. The molecule has 0 radical (unpaired) electrons. The van der Waals surface area contributed by atoms with Crippen molar-refractivity contribution in [2.45, 2.75) is 125 Å². The van der Waals surface area contributed by atoms with Crippen molar-refractivity contribution < 1.29 is 9.84 Å². The van der Waals surface area contributed by atoms with Gasteiger partial charge in [0.2, 0.25) is 0 Å². The molecule has 0 bridgehead atoms. The van der Waals surface area contributed by atoms with Gasteiger partial charge in [-0.3, -0.25) is 0 Å². The van der Waals surface area contributed by atoms with E-state index in [1.54, 1.807) is 5.57 Å². The minimum atomic E-state index is -0.144. The second-order valence-corrected chi connectivity index (χ2v) is 15.1. The Morgan fingerprint density at radius 1 is 0.758 bits per heavy atom. The van der Waals surface area contributed by atoms with Crippen LogP contribution in [0.15, 0.2) is 11.6 Å². The van der Waals surface area contributed by atoms with E-state index in [9.17, 15) is 5.11 Å². The first-order valence-electron chi connectivity index (χ1n) is 14.2. The normalized spacial score (nSPS) is 52.9. The van der Waals surface area contributed by atoms with Crippen LogP contribution in [0.4, 0.5) is 0 Å². The summed E-state index contributed by atoms with van der Waals surface area (Å²) in [7, 11) is 1.94. The van der Waals surface area contributed by atoms with Gasteiger partial charge in [0, 0.05) is 7.11 Å². The molecule has 5 aliphatic carbocycles. The lowest BCUT2D eigenvalue weighted by atomic mass is 9.42. The Morgan fingerprint density at radius 2 is 1.45 bits per heavy atom. The summed E-state index contributed by atoms with van der Waals surface area (Å²) in [6.45, 7) is 17.7. The number of methoxy groups -OCH3 is 1. The number of ether oxygens (including phenoxy) is 1. The molecule has 33 heavy (non-hydrogen) atoms. The average Bonchev–Trinajstić information content (AvgIpc) is 2.88. The minimum absolute atomic E-state index is 0.0254. The zero-order valence-electron chi connectivity index (χ0n) is 23.0. The average molecular weight is 457 g/mol. The molecule has 2 nitrogen and oxygen atoms in total. The van der Waals surface area contributed by atoms with Gasteiger partial charge in [0.15, 0.2) is 0 Å². The Morgan fingerprint density at radius 3 is 2.15 bits per heavy atom. The predicted octanol–water partition coefficient (Wildman–Crippen LogP) is 7.79. The first-order chi connectivity index (χ1) is 15.3. The number of aliphatic hydroxyl groups excluding tert-OH is 1. The number of rotatable bonds is 1. The van der Waals surface area contributed by atoms with Crippen LogP contribution < -0.4 is 0 Å². The fraction of sp³-hybridized carbons (Fsp3) is 0.935. The van der Waals surface area contributed by atoms with Crippen molar-refractivity contribution in [1.82, 2.24) is 0 Å². The Labute approximate surface area is 204 Å². The van der Waals surface area contributed by atoms with Crippen molar-refractivity contribution >= 4 is 0 Å². The summed E-state index contributed by atoms with van der Waals surface area (Å²) in [4.78, 5) is 0. The van der Waals surface area contributed by atoms with E-state index in [0.717, 1.165) is 24.2 Å². The summed E-state index contributed by atoms with van der Waals surface area (Å²) in [5.41, 5.74) is 3.32. The van der Waals surface area contributed by atoms with Gasteiger partial charge in [-0.1, -0.05) is 60.1 Å². The molecule has 0 heterocycles. The van der Waals surface area contributed by atoms with Crippen LogP contribution in [0.25, 0.3) is 0 Å². The molecule has 0 amide bonds. The summed E-state index contributed by atoms with van der Waals surface area (Å²) < 4.78 is 6.03. The first kappa shape index (κ1) is 24.4. The molecule has 0 aliphatic heterocycles. The second-order valence-electron chi connectivity index (χ2n) is 15.1. The van der Waals surface area contributed by atoms with Gasteiger partial charge in [-0.2, -0.15) is 0 Å². The van der Waals surface area contributed by atoms with Gasteiger partial charge < -0.3 is 9.84 Å². The van der Waals surface area contributed by atoms with Crippen LogP contribution in [-0.4, -0.2) is 24.4 Å². The van der Waals surface area contributed by atoms with Gasteiger partial charge in [0.25, 0.3) is 0 Å². The Kier molecular flexibility index (Phi) is 5.60. The molecule has 4 fully saturated rings. The highest BCUT2D eigenvalue weighted by molar-refractivity contribution is 5.25. The van der Waals surface area contributed by atoms with Crippen LogP contribution in [0.5, 0.6) is 0 Å². The molecule has 0 unspecified atom stereocenters. The third-order valence-electron chi connectivity index (χ3n) is 13.1. The lowest BCUT2D eigenvalue weighted by Crippen LogP contribution is -2.58. The third kappa shape index (κ3) is 3.24. The van der Waals surface area contributed by atoms with E-state index >= 15 is 0 Å². The molecular formula is C31H52O2. The summed E-state index contributed by atoms with van der Waals surface area (Å²) in [5.74, 6) is 2.91. The van der Waals surface area contributed by atoms with E-state index in [2.05, 4.69) is 54.5 Å². The van der Waals surface area contributed by atoms with Crippen LogP contribution in [0.2, 0.25) is 0 Å². The van der Waals surface area contributed by atoms with Crippen LogP contribution >= 0.6 is 0 Å². The zero-order chi connectivity index (χ0) is 24.0. The molecule has 2 heteroatoms. The van der Waals surface area contributed by atoms with E-state index in [0.29, 0.717) is 28.3 Å². The van der Waals surface area contributed by atoms with Crippen molar-refractivity contribution in [3.63, 3.8) is 0 Å². The largest absolute Gasteiger partial charge is 0.393 e. The van der Waals surface area contributed by atoms with Crippen LogP contribution in [-0.2, 0) is 4.74 Å². The quantitative estimate of drug-likeness (QED) is 0.408. The Bertz CT molecular complexity index is 810. The predicted molar refractivity (Wildman–Crippen MR) is 137 cm³/mol. The van der Waals surface area contributed by atoms with Gasteiger partial charge in [0.1, 0.15) is 0 Å². The number of hydrogen-bond donors (Lipinski definition) is 1. The van der Waals surface area contributed by atoms with Crippen LogP contribution in [0.3, 0.4) is 0 Å². The number of hydrogen-bond acceptors (Lipinski definition) is 2. The standard InChI is InChI=1S/C31H52O2/c1-27(2)22-11-9-20-19-29(5)16-13-23-28(3,4)26(33-8)15-18-31(23,7)24(29)12-10-21(20)30(22,6)17-14-25(27)32/h9,21-26,32H,10-19H2,1-8H3/t21-,22-,23-,24+,25-,26+,29+,30+,31-/m1/s1. The van der Waals surface area contributed by atoms with E-state index in [-0.39, 0.29) is 16.9 Å². The summed E-state index contributed by atoms with van der Waals surface area (Å²) in [5, 5.41) is 10.9. The van der Waals surface area contributed by atoms with Crippen molar-refractivity contribution in [2.24, 2.45) is 50.7 Å². The van der Waals surface area contributed by atoms with E-state index in [1.807, 2.05) is 7.11 Å². The second kappa shape index (κ2) is 7.58. The topological polar surface area (TPSA) is 29.5 Å². The molecule has 5 aliphatic rings. The van der Waals surface area contributed by atoms with Gasteiger partial charge in [0.05, 0.1) is 12.2 Å². The first-order valence-corrected chi connectivity index (χ1v) is 14.2. The smallest absolute Gasteiger partial charge is 0.0625 e. The van der Waals surface area contributed by atoms with Gasteiger partial charge in [-0.15, -0.1) is 0 Å². The highest BCUT2D eigenvalue weighted by Crippen LogP contribution is 2.70. The van der Waals surface area contributed by atoms with E-state index in [1.165, 1.54) is 57.8 Å². The molecule has 188 valence electrons. The van der Waals surface area contributed by atoms with Crippen LogP contribution in [0, 0.1) is 50.7 Å². The lowest BCUT2D eigenvalue weighted by molar-refractivity contribution is -0.178. The van der Waals surface area contributed by atoms with Crippen molar-refractivity contribution in [1.29, 1.82) is 0 Å². The maximum Gasteiger partial charge on any atom is 0.0625 e. The summed E-state index contributed by atoms with van der Waals surface area (Å²) in [6.07, 6.45) is 15.7. The maximum atomic E-state index is 10.9. The summed E-state index contributed by atoms with van der Waals surface area (Å²) >= 11 is 0. The monoisotopic (exact) mass is 456 g/mol. The molecule has 5 rings (SSSR count). The van der Waals surface area contributed by atoms with E-state index < -0.39 is 0 Å². The molecule has 0 aromatic rings. The van der Waals surface area contributed by atoms with Gasteiger partial charge in [-0.25, -0.2) is 0 Å². The zero-order valence-corrected chi connectivity index (χ0v) is 23.0. The molecule has 0 aromatic heterocycles. The third-order valence-corrected chi connectivity index (χ3v) is 13.1. The van der Waals surface area contributed by atoms with Gasteiger partial charge >= 0.3 is 0 Å². The molecule has 0 saturated heterocycles. The highest BCUT2D eigenvalue weighted by atomic mass is 16.5. The maximum absolute atomic E-state index is 10.9. The van der Waals surface area contributed by atoms with Crippen LogP contribution in [0.1, 0.15) is 113 Å². The minimum Gasteiger partial charge on any atom is -0.393 e. The van der Waals surface area contributed by atoms with Crippen molar-refractivity contribution in [2.75, 3.05) is 7.11 Å². The summed E-state index contributed by atoms with van der Waals surface area (Å²) in [6, 6.07) is 0. The molecular weight excluding hydrogens is 404 g/mol. The van der Waals surface area contributed by atoms with Crippen molar-refractivity contribution in [3.05, 3.63) is 11.6 Å². The highest BCUT2D eigenvalue weighted by Gasteiger charge is 2.63. The molecule has 4 saturated carbocycles. The van der Waals surface area contributed by atoms with Gasteiger partial charge in [-0.05, 0) is 115 Å². The number of fused-ring (bicyclic) bond motifs is 6. The van der Waals surface area contributed by atoms with E-state index in [4.69, 9.17) is 4.74 Å². The lowest BCUT2D eigenvalue weighted by Gasteiger charge is -2.64. The Balaban J connectivity index is 1.49. The van der Waals surface area contributed by atoms with Crippen molar-refractivity contribution in [3.8, 4) is 0 Å². The Hall–Kier alpha value is -0.340.